The Balaban J connectivity index is 1.48. The van der Waals surface area contributed by atoms with Gasteiger partial charge in [0.2, 0.25) is 0 Å². The van der Waals surface area contributed by atoms with Gasteiger partial charge in [-0.2, -0.15) is 0 Å². The Labute approximate surface area is 192 Å². The molecule has 2 aliphatic rings. The van der Waals surface area contributed by atoms with Crippen molar-refractivity contribution < 1.29 is 9.53 Å². The summed E-state index contributed by atoms with van der Waals surface area (Å²) in [5.74, 6) is 3.49. The second kappa shape index (κ2) is 11.0. The third kappa shape index (κ3) is 6.59. The van der Waals surface area contributed by atoms with Crippen LogP contribution in [0.1, 0.15) is 71.4 Å². The van der Waals surface area contributed by atoms with E-state index in [0.29, 0.717) is 19.0 Å². The highest BCUT2D eigenvalue weighted by atomic mass is 16.6. The molecule has 2 aliphatic heterocycles. The summed E-state index contributed by atoms with van der Waals surface area (Å²) in [6.45, 7) is 12.7. The van der Waals surface area contributed by atoms with Crippen LogP contribution in [-0.2, 0) is 24.2 Å². The normalized spacial score (nSPS) is 18.2. The second-order valence-corrected chi connectivity index (χ2v) is 9.84. The predicted molar refractivity (Wildman–Crippen MR) is 126 cm³/mol. The number of rotatable bonds is 5. The van der Waals surface area contributed by atoms with Crippen molar-refractivity contribution in [2.75, 3.05) is 33.2 Å². The fourth-order valence-corrected chi connectivity index (χ4v) is 4.46. The highest BCUT2D eigenvalue weighted by Gasteiger charge is 2.27. The largest absolute Gasteiger partial charge is 0.444 e. The summed E-state index contributed by atoms with van der Waals surface area (Å²) in [4.78, 5) is 21.1. The van der Waals surface area contributed by atoms with E-state index in [1.54, 1.807) is 0 Å². The van der Waals surface area contributed by atoms with Gasteiger partial charge < -0.3 is 24.4 Å². The molecule has 0 bridgehead atoms. The van der Waals surface area contributed by atoms with Gasteiger partial charge in [-0.3, -0.25) is 4.99 Å². The molecule has 1 fully saturated rings. The van der Waals surface area contributed by atoms with Gasteiger partial charge in [0.15, 0.2) is 11.8 Å². The Morgan fingerprint density at radius 1 is 1.19 bits per heavy atom. The number of nitrogens with zero attached hydrogens (tertiary/aromatic N) is 6. The predicted octanol–water partition coefficient (Wildman–Crippen LogP) is 3.05. The van der Waals surface area contributed by atoms with Crippen molar-refractivity contribution in [3.8, 4) is 0 Å². The number of guanidine groups is 1. The Morgan fingerprint density at radius 2 is 1.94 bits per heavy atom. The highest BCUT2D eigenvalue weighted by Crippen LogP contribution is 2.20. The first kappa shape index (κ1) is 24.3. The minimum atomic E-state index is -0.464. The zero-order chi connectivity index (χ0) is 23.1. The fraction of sp³-hybridized carbons (Fsp3) is 0.826. The molecule has 1 aromatic heterocycles. The van der Waals surface area contributed by atoms with Crippen LogP contribution in [0.2, 0.25) is 0 Å². The number of fused-ring (bicyclic) bond motifs is 1. The van der Waals surface area contributed by atoms with Crippen molar-refractivity contribution in [1.29, 1.82) is 0 Å². The molecule has 180 valence electrons. The first-order valence-corrected chi connectivity index (χ1v) is 12.1. The summed E-state index contributed by atoms with van der Waals surface area (Å²) in [5, 5.41) is 12.3. The van der Waals surface area contributed by atoms with Gasteiger partial charge in [-0.05, 0) is 59.3 Å². The van der Waals surface area contributed by atoms with Crippen LogP contribution in [-0.4, -0.2) is 75.4 Å². The number of carbonyl (C=O) groups excluding carboxylic acids is 1. The number of hydrogen-bond acceptors (Lipinski definition) is 5. The van der Waals surface area contributed by atoms with Gasteiger partial charge in [-0.15, -0.1) is 10.2 Å². The van der Waals surface area contributed by atoms with E-state index >= 15 is 0 Å². The van der Waals surface area contributed by atoms with Crippen LogP contribution in [0.25, 0.3) is 0 Å². The maximum absolute atomic E-state index is 12.5. The maximum atomic E-state index is 12.5. The number of likely N-dealkylation sites (tertiary alicyclic amines) is 1. The number of hydrogen-bond donors (Lipinski definition) is 1. The van der Waals surface area contributed by atoms with Gasteiger partial charge in [0.25, 0.3) is 0 Å². The first-order valence-electron chi connectivity index (χ1n) is 12.1. The minimum absolute atomic E-state index is 0.215. The van der Waals surface area contributed by atoms with Gasteiger partial charge in [-0.1, -0.05) is 6.42 Å². The zero-order valence-corrected chi connectivity index (χ0v) is 20.6. The van der Waals surface area contributed by atoms with Crippen LogP contribution >= 0.6 is 0 Å². The molecular weight excluding hydrogens is 406 g/mol. The molecule has 0 unspecified atom stereocenters. The van der Waals surface area contributed by atoms with Crippen molar-refractivity contribution in [2.45, 2.75) is 84.9 Å². The van der Waals surface area contributed by atoms with Crippen molar-refractivity contribution in [1.82, 2.24) is 29.9 Å². The quantitative estimate of drug-likeness (QED) is 0.551. The van der Waals surface area contributed by atoms with Crippen LogP contribution in [0, 0.1) is 5.92 Å². The third-order valence-electron chi connectivity index (χ3n) is 6.23. The number of aryl methyl sites for hydroxylation is 1. The summed E-state index contributed by atoms with van der Waals surface area (Å²) in [6, 6.07) is 0. The summed E-state index contributed by atoms with van der Waals surface area (Å²) < 4.78 is 7.83. The van der Waals surface area contributed by atoms with Crippen molar-refractivity contribution >= 4 is 12.1 Å². The smallest absolute Gasteiger partial charge is 0.410 e. The molecule has 0 atom stereocenters. The molecule has 32 heavy (non-hydrogen) atoms. The average molecular weight is 448 g/mol. The number of ether oxygens (including phenoxy) is 1. The summed E-state index contributed by atoms with van der Waals surface area (Å²) in [5.41, 5.74) is -0.464. The summed E-state index contributed by atoms with van der Waals surface area (Å²) in [6.07, 6.45) is 6.51. The molecule has 0 aliphatic carbocycles. The van der Waals surface area contributed by atoms with Gasteiger partial charge in [0, 0.05) is 46.2 Å². The standard InChI is InChI=1S/C23H41N7O2/c1-6-28(22(31)32-23(2,3)4)17-18-11-14-29(15-12-18)21(24-5)25-16-20-27-26-19-10-8-7-9-13-30(19)20/h18H,6-17H2,1-5H3,(H,24,25). The molecular formula is C23H41N7O2. The Kier molecular flexibility index (Phi) is 8.37. The lowest BCUT2D eigenvalue weighted by atomic mass is 9.96. The number of aromatic nitrogens is 3. The minimum Gasteiger partial charge on any atom is -0.444 e. The Bertz CT molecular complexity index is 776. The average Bonchev–Trinajstić information content (AvgIpc) is 2.98. The van der Waals surface area contributed by atoms with E-state index < -0.39 is 5.60 Å². The summed E-state index contributed by atoms with van der Waals surface area (Å²) in [7, 11) is 1.83. The molecule has 0 aromatic carbocycles. The number of aliphatic imine (C=N–C) groups is 1. The first-order chi connectivity index (χ1) is 15.3. The number of amides is 1. The van der Waals surface area contributed by atoms with E-state index in [4.69, 9.17) is 4.74 Å². The molecule has 3 heterocycles. The van der Waals surface area contributed by atoms with Crippen LogP contribution in [0.4, 0.5) is 4.79 Å². The van der Waals surface area contributed by atoms with Crippen molar-refractivity contribution in [3.63, 3.8) is 0 Å². The van der Waals surface area contributed by atoms with Gasteiger partial charge in [0.1, 0.15) is 11.4 Å². The molecule has 1 aromatic rings. The molecule has 0 spiro atoms. The van der Waals surface area contributed by atoms with Crippen LogP contribution < -0.4 is 5.32 Å². The van der Waals surface area contributed by atoms with E-state index in [0.717, 1.165) is 63.0 Å². The van der Waals surface area contributed by atoms with E-state index in [-0.39, 0.29) is 6.09 Å². The lowest BCUT2D eigenvalue weighted by Gasteiger charge is -2.36. The molecule has 1 N–H and O–H groups in total. The monoisotopic (exact) mass is 447 g/mol. The summed E-state index contributed by atoms with van der Waals surface area (Å²) >= 11 is 0. The molecule has 1 amide bonds. The maximum Gasteiger partial charge on any atom is 0.410 e. The molecule has 3 rings (SSSR count). The fourth-order valence-electron chi connectivity index (χ4n) is 4.46. The SMILES string of the molecule is CCN(CC1CCN(C(=NC)NCc2nnc3n2CCCCC3)CC1)C(=O)OC(C)(C)C. The van der Waals surface area contributed by atoms with E-state index in [2.05, 4.69) is 30.0 Å². The van der Waals surface area contributed by atoms with Crippen LogP contribution in [0.15, 0.2) is 4.99 Å². The van der Waals surface area contributed by atoms with Crippen molar-refractivity contribution in [2.24, 2.45) is 10.9 Å². The van der Waals surface area contributed by atoms with Crippen LogP contribution in [0.5, 0.6) is 0 Å². The van der Waals surface area contributed by atoms with E-state index in [9.17, 15) is 4.79 Å². The number of nitrogens with one attached hydrogen (secondary N) is 1. The number of carbonyl (C=O) groups is 1. The topological polar surface area (TPSA) is 87.9 Å². The lowest BCUT2D eigenvalue weighted by Crippen LogP contribution is -2.47. The van der Waals surface area contributed by atoms with Gasteiger partial charge in [-0.25, -0.2) is 4.79 Å². The molecule has 9 nitrogen and oxygen atoms in total. The Hall–Kier alpha value is -2.32. The lowest BCUT2D eigenvalue weighted by molar-refractivity contribution is 0.0214. The zero-order valence-electron chi connectivity index (χ0n) is 20.6. The van der Waals surface area contributed by atoms with Gasteiger partial charge in [0.05, 0.1) is 6.54 Å². The molecule has 0 saturated carbocycles. The van der Waals surface area contributed by atoms with E-state index in [1.165, 1.54) is 19.3 Å². The second-order valence-electron chi connectivity index (χ2n) is 9.84. The van der Waals surface area contributed by atoms with Crippen LogP contribution in [0.3, 0.4) is 0 Å². The van der Waals surface area contributed by atoms with Crippen molar-refractivity contribution in [3.05, 3.63) is 11.6 Å². The molecule has 9 heteroatoms. The Morgan fingerprint density at radius 3 is 2.59 bits per heavy atom. The molecule has 0 radical (unpaired) electrons. The number of piperidine rings is 1. The highest BCUT2D eigenvalue weighted by molar-refractivity contribution is 5.79. The van der Waals surface area contributed by atoms with Gasteiger partial charge >= 0.3 is 6.09 Å². The molecule has 1 saturated heterocycles. The van der Waals surface area contributed by atoms with E-state index in [1.807, 2.05) is 39.6 Å². The third-order valence-corrected chi connectivity index (χ3v) is 6.23.